The molecule has 0 amide bonds. The molecule has 2 N–H and O–H groups in total. The Bertz CT molecular complexity index is 1720. The number of rotatable bonds is 12. The molecule has 0 spiro atoms. The normalized spacial score (nSPS) is 12.6. The predicted octanol–water partition coefficient (Wildman–Crippen LogP) is 7.46. The maximum Gasteiger partial charge on any atom is 0.311 e. The van der Waals surface area contributed by atoms with E-state index in [4.69, 9.17) is 0 Å². The van der Waals surface area contributed by atoms with Crippen LogP contribution in [0.25, 0.3) is 0 Å². The number of aliphatic hydroxyl groups is 1. The summed E-state index contributed by atoms with van der Waals surface area (Å²) in [5.74, 6) is -2.65. The van der Waals surface area contributed by atoms with Crippen molar-refractivity contribution >= 4 is 30.1 Å². The summed E-state index contributed by atoms with van der Waals surface area (Å²) in [5.41, 5.74) is 6.89. The molecule has 0 fully saturated rings. The number of carboxylic acid groups (broad SMARTS) is 1. The molecule has 4 rings (SSSR count). The lowest BCUT2D eigenvalue weighted by molar-refractivity contribution is -0.138. The van der Waals surface area contributed by atoms with Crippen LogP contribution in [0.5, 0.6) is 0 Å². The molecule has 256 valence electrons. The first-order valence-electron chi connectivity index (χ1n) is 16.3. The van der Waals surface area contributed by atoms with Gasteiger partial charge in [0.05, 0.1) is 12.5 Å². The lowest BCUT2D eigenvalue weighted by atomic mass is 9.84. The van der Waals surface area contributed by atoms with Crippen molar-refractivity contribution in [2.75, 3.05) is 6.61 Å². The second-order valence-electron chi connectivity index (χ2n) is 14.3. The van der Waals surface area contributed by atoms with Gasteiger partial charge in [0, 0.05) is 17.0 Å². The van der Waals surface area contributed by atoms with Gasteiger partial charge in [0.15, 0.2) is 12.6 Å². The minimum absolute atomic E-state index is 0.00615. The molecule has 4 aromatic carbocycles. The molecular weight excluding hydrogens is 616 g/mol. The van der Waals surface area contributed by atoms with Crippen LogP contribution in [-0.4, -0.2) is 46.9 Å². The average Bonchev–Trinajstić information content (AvgIpc) is 3.09. The van der Waals surface area contributed by atoms with Crippen LogP contribution in [-0.2, 0) is 38.1 Å². The molecule has 0 heterocycles. The van der Waals surface area contributed by atoms with Gasteiger partial charge in [0.1, 0.15) is 0 Å². The topological polar surface area (TPSA) is 126 Å². The summed E-state index contributed by atoms with van der Waals surface area (Å²) in [5, 5.41) is 19.3. The minimum Gasteiger partial charge on any atom is -0.481 e. The molecule has 0 aliphatic heterocycles. The molecular formula is C42H46O7. The van der Waals surface area contributed by atoms with Crippen molar-refractivity contribution in [2.24, 2.45) is 0 Å². The zero-order chi connectivity index (χ0) is 36.4. The SMILES string of the molecule is CC(C)(C)c1ccc(C(CO)Cc2ccc(C(=O)C=O)cc2)cc1.CC(C)(C)c1ccc(C(Cc2ccc(C(=O)C=O)cc2)C(=O)O)cc1. The zero-order valence-electron chi connectivity index (χ0n) is 29.1. The summed E-state index contributed by atoms with van der Waals surface area (Å²) >= 11 is 0. The first-order valence-corrected chi connectivity index (χ1v) is 16.3. The number of hydrogen-bond donors (Lipinski definition) is 2. The number of benzene rings is 4. The Labute approximate surface area is 289 Å². The van der Waals surface area contributed by atoms with Gasteiger partial charge in [0.2, 0.25) is 11.6 Å². The first-order chi connectivity index (χ1) is 23.1. The third-order valence-corrected chi connectivity index (χ3v) is 8.56. The molecule has 0 aliphatic rings. The van der Waals surface area contributed by atoms with E-state index < -0.39 is 23.5 Å². The largest absolute Gasteiger partial charge is 0.481 e. The maximum absolute atomic E-state index is 11.7. The number of ketones is 2. The Hall–Kier alpha value is -5.01. The summed E-state index contributed by atoms with van der Waals surface area (Å²) in [6.07, 6.45) is 1.59. The van der Waals surface area contributed by atoms with Crippen LogP contribution in [0.3, 0.4) is 0 Å². The summed E-state index contributed by atoms with van der Waals surface area (Å²) in [6.45, 7) is 12.9. The fourth-order valence-electron chi connectivity index (χ4n) is 5.37. The van der Waals surface area contributed by atoms with Crippen LogP contribution in [0.2, 0.25) is 0 Å². The Morgan fingerprint density at radius 3 is 1.27 bits per heavy atom. The molecule has 0 radical (unpaired) electrons. The highest BCUT2D eigenvalue weighted by molar-refractivity contribution is 6.33. The molecule has 2 atom stereocenters. The van der Waals surface area contributed by atoms with E-state index in [9.17, 15) is 34.2 Å². The molecule has 49 heavy (non-hydrogen) atoms. The van der Waals surface area contributed by atoms with Gasteiger partial charge in [-0.15, -0.1) is 0 Å². The van der Waals surface area contributed by atoms with Gasteiger partial charge >= 0.3 is 5.97 Å². The van der Waals surface area contributed by atoms with E-state index in [1.807, 2.05) is 36.4 Å². The second-order valence-corrected chi connectivity index (χ2v) is 14.3. The van der Waals surface area contributed by atoms with E-state index in [0.29, 0.717) is 30.3 Å². The van der Waals surface area contributed by atoms with E-state index >= 15 is 0 Å². The monoisotopic (exact) mass is 662 g/mol. The van der Waals surface area contributed by atoms with Crippen LogP contribution < -0.4 is 0 Å². The quantitative estimate of drug-likeness (QED) is 0.0916. The van der Waals surface area contributed by atoms with Crippen molar-refractivity contribution < 1.29 is 34.2 Å². The highest BCUT2D eigenvalue weighted by atomic mass is 16.4. The van der Waals surface area contributed by atoms with Gasteiger partial charge < -0.3 is 10.2 Å². The summed E-state index contributed by atoms with van der Waals surface area (Å²) in [4.78, 5) is 55.4. The average molecular weight is 663 g/mol. The van der Waals surface area contributed by atoms with E-state index in [2.05, 4.69) is 65.8 Å². The maximum atomic E-state index is 11.7. The van der Waals surface area contributed by atoms with E-state index in [1.165, 1.54) is 5.56 Å². The molecule has 2 unspecified atom stereocenters. The van der Waals surface area contributed by atoms with Gasteiger partial charge in [-0.1, -0.05) is 139 Å². The highest BCUT2D eigenvalue weighted by Crippen LogP contribution is 2.28. The number of carbonyl (C=O) groups is 5. The number of aldehydes is 2. The standard InChI is InChI=1S/C21H22O4.C21H24O3/c1-21(2,3)17-10-8-15(9-11-17)18(20(24)25)12-14-4-6-16(7-5-14)19(23)13-22;1-21(2,3)19-10-8-16(9-11-19)18(13-22)12-15-4-6-17(7-5-15)20(24)14-23/h4-11,13,18H,12H2,1-3H3,(H,24,25);4-11,14,18,22H,12-13H2,1-3H3. The Balaban J connectivity index is 0.000000266. The Morgan fingerprint density at radius 1 is 0.571 bits per heavy atom. The Morgan fingerprint density at radius 2 is 0.939 bits per heavy atom. The van der Waals surface area contributed by atoms with Crippen molar-refractivity contribution in [1.82, 2.24) is 0 Å². The van der Waals surface area contributed by atoms with Crippen LogP contribution in [0.1, 0.15) is 107 Å². The number of carboxylic acids is 1. The highest BCUT2D eigenvalue weighted by Gasteiger charge is 2.22. The number of Topliss-reactive ketones (excluding diaryl/α,β-unsaturated/α-hetero) is 2. The number of hydrogen-bond acceptors (Lipinski definition) is 6. The zero-order valence-corrected chi connectivity index (χ0v) is 29.1. The fraction of sp³-hybridized carbons (Fsp3) is 0.310. The third kappa shape index (κ3) is 11.0. The van der Waals surface area contributed by atoms with Crippen LogP contribution in [0.4, 0.5) is 0 Å². The lowest BCUT2D eigenvalue weighted by Crippen LogP contribution is -2.16. The summed E-state index contributed by atoms with van der Waals surface area (Å²) in [6, 6.07) is 29.5. The minimum atomic E-state index is -0.892. The molecule has 0 bridgehead atoms. The van der Waals surface area contributed by atoms with Crippen LogP contribution in [0.15, 0.2) is 97.1 Å². The van der Waals surface area contributed by atoms with Gasteiger partial charge in [-0.2, -0.15) is 0 Å². The molecule has 7 nitrogen and oxygen atoms in total. The van der Waals surface area contributed by atoms with Crippen LogP contribution in [0, 0.1) is 0 Å². The number of aliphatic carboxylic acids is 1. The van der Waals surface area contributed by atoms with Gasteiger partial charge in [-0.3, -0.25) is 24.0 Å². The smallest absolute Gasteiger partial charge is 0.311 e. The lowest BCUT2D eigenvalue weighted by Gasteiger charge is -2.21. The molecule has 0 aliphatic carbocycles. The summed E-state index contributed by atoms with van der Waals surface area (Å²) < 4.78 is 0. The van der Waals surface area contributed by atoms with Gasteiger partial charge in [0.25, 0.3) is 0 Å². The molecule has 0 saturated heterocycles. The van der Waals surface area contributed by atoms with Crippen molar-refractivity contribution in [3.05, 3.63) is 142 Å². The van der Waals surface area contributed by atoms with Crippen molar-refractivity contribution in [1.29, 1.82) is 0 Å². The van der Waals surface area contributed by atoms with Crippen molar-refractivity contribution in [2.45, 2.75) is 77.0 Å². The Kier molecular flexibility index (Phi) is 13.2. The number of carbonyl (C=O) groups excluding carboxylic acids is 4. The molecule has 0 aromatic heterocycles. The van der Waals surface area contributed by atoms with Gasteiger partial charge in [-0.25, -0.2) is 0 Å². The summed E-state index contributed by atoms with van der Waals surface area (Å²) in [7, 11) is 0. The molecule has 4 aromatic rings. The predicted molar refractivity (Wildman–Crippen MR) is 192 cm³/mol. The van der Waals surface area contributed by atoms with E-state index in [0.717, 1.165) is 27.8 Å². The van der Waals surface area contributed by atoms with Gasteiger partial charge in [-0.05, 0) is 57.1 Å². The second kappa shape index (κ2) is 16.9. The number of aliphatic hydroxyl groups excluding tert-OH is 1. The van der Waals surface area contributed by atoms with Crippen molar-refractivity contribution in [3.8, 4) is 0 Å². The molecule has 0 saturated carbocycles. The fourth-order valence-corrected chi connectivity index (χ4v) is 5.37. The third-order valence-electron chi connectivity index (χ3n) is 8.56. The molecule has 7 heteroatoms. The van der Waals surface area contributed by atoms with E-state index in [-0.39, 0.29) is 29.6 Å². The van der Waals surface area contributed by atoms with E-state index in [1.54, 1.807) is 36.4 Å². The van der Waals surface area contributed by atoms with Crippen LogP contribution >= 0.6 is 0 Å². The first kappa shape index (κ1) is 38.4. The van der Waals surface area contributed by atoms with Crippen molar-refractivity contribution in [3.63, 3.8) is 0 Å².